The molecule has 0 aliphatic rings. The number of nitrogens with one attached hydrogen (secondary N) is 1. The molecular formula is C15H13FN2O4. The summed E-state index contributed by atoms with van der Waals surface area (Å²) >= 11 is 0. The summed E-state index contributed by atoms with van der Waals surface area (Å²) in [5, 5.41) is 13.2. The minimum absolute atomic E-state index is 0.172. The number of rotatable bonds is 5. The summed E-state index contributed by atoms with van der Waals surface area (Å²) in [5.41, 5.74) is -0.292. The molecule has 0 saturated carbocycles. The van der Waals surface area contributed by atoms with Gasteiger partial charge < -0.3 is 10.1 Å². The van der Waals surface area contributed by atoms with Gasteiger partial charge in [0.25, 0.3) is 5.91 Å². The molecule has 2 aromatic carbocycles. The normalized spacial score (nSPS) is 10.1. The molecule has 0 fully saturated rings. The minimum atomic E-state index is -1.14. The zero-order chi connectivity index (χ0) is 16.1. The Kier molecular flexibility index (Phi) is 4.67. The third kappa shape index (κ3) is 3.38. The van der Waals surface area contributed by atoms with Crippen molar-refractivity contribution >= 4 is 11.6 Å². The van der Waals surface area contributed by atoms with Gasteiger partial charge in [0.1, 0.15) is 5.75 Å². The van der Waals surface area contributed by atoms with Crippen molar-refractivity contribution in [2.45, 2.75) is 6.54 Å². The van der Waals surface area contributed by atoms with Crippen LogP contribution in [0.4, 0.5) is 10.1 Å². The van der Waals surface area contributed by atoms with Gasteiger partial charge in [0.2, 0.25) is 5.82 Å². The van der Waals surface area contributed by atoms with Crippen LogP contribution in [0.1, 0.15) is 15.9 Å². The Labute approximate surface area is 125 Å². The molecule has 1 N–H and O–H groups in total. The first-order chi connectivity index (χ1) is 10.5. The number of benzene rings is 2. The largest absolute Gasteiger partial charge is 0.497 e. The molecule has 0 atom stereocenters. The van der Waals surface area contributed by atoms with Crippen LogP contribution in [0.5, 0.6) is 5.75 Å². The molecule has 114 valence electrons. The van der Waals surface area contributed by atoms with Gasteiger partial charge in [0.15, 0.2) is 0 Å². The van der Waals surface area contributed by atoms with E-state index in [9.17, 15) is 19.3 Å². The summed E-state index contributed by atoms with van der Waals surface area (Å²) in [6.45, 7) is 0.172. The second-order valence-corrected chi connectivity index (χ2v) is 4.43. The third-order valence-corrected chi connectivity index (χ3v) is 3.03. The SMILES string of the molecule is COc1ccc(CNC(=O)c2cccc([N+](=O)[O-])c2F)cc1. The number of hydrogen-bond acceptors (Lipinski definition) is 4. The molecular weight excluding hydrogens is 291 g/mol. The standard InChI is InChI=1S/C15H13FN2O4/c1-22-11-7-5-10(6-8-11)9-17-15(19)12-3-2-4-13(14(12)16)18(20)21/h2-8H,9H2,1H3,(H,17,19). The number of amides is 1. The molecule has 0 heterocycles. The molecule has 0 radical (unpaired) electrons. The predicted molar refractivity (Wildman–Crippen MR) is 77.2 cm³/mol. The Morgan fingerprint density at radius 2 is 1.95 bits per heavy atom. The molecule has 1 amide bonds. The Morgan fingerprint density at radius 1 is 1.27 bits per heavy atom. The van der Waals surface area contributed by atoms with E-state index in [4.69, 9.17) is 4.74 Å². The zero-order valence-corrected chi connectivity index (χ0v) is 11.7. The number of nitro benzene ring substituents is 1. The highest BCUT2D eigenvalue weighted by atomic mass is 19.1. The van der Waals surface area contributed by atoms with Gasteiger partial charge in [-0.15, -0.1) is 0 Å². The van der Waals surface area contributed by atoms with Gasteiger partial charge in [0.05, 0.1) is 17.6 Å². The van der Waals surface area contributed by atoms with Gasteiger partial charge in [0, 0.05) is 12.6 Å². The first-order valence-corrected chi connectivity index (χ1v) is 6.37. The van der Waals surface area contributed by atoms with Crippen LogP contribution in [0.2, 0.25) is 0 Å². The molecule has 0 unspecified atom stereocenters. The van der Waals surface area contributed by atoms with E-state index in [-0.39, 0.29) is 12.1 Å². The van der Waals surface area contributed by atoms with E-state index in [1.807, 2.05) is 0 Å². The van der Waals surface area contributed by atoms with Gasteiger partial charge in [-0.25, -0.2) is 0 Å². The van der Waals surface area contributed by atoms with Gasteiger partial charge in [-0.2, -0.15) is 4.39 Å². The topological polar surface area (TPSA) is 81.5 Å². The summed E-state index contributed by atoms with van der Waals surface area (Å²) in [7, 11) is 1.54. The van der Waals surface area contributed by atoms with E-state index in [1.165, 1.54) is 12.1 Å². The molecule has 0 saturated heterocycles. The number of nitro groups is 1. The summed E-state index contributed by atoms with van der Waals surface area (Å²) in [6.07, 6.45) is 0. The summed E-state index contributed by atoms with van der Waals surface area (Å²) in [6, 6.07) is 10.4. The molecule has 7 heteroatoms. The summed E-state index contributed by atoms with van der Waals surface area (Å²) < 4.78 is 18.9. The first-order valence-electron chi connectivity index (χ1n) is 6.37. The van der Waals surface area contributed by atoms with Crippen LogP contribution in [-0.4, -0.2) is 17.9 Å². The van der Waals surface area contributed by atoms with E-state index in [1.54, 1.807) is 31.4 Å². The lowest BCUT2D eigenvalue weighted by Gasteiger charge is -2.07. The quantitative estimate of drug-likeness (QED) is 0.680. The smallest absolute Gasteiger partial charge is 0.305 e. The van der Waals surface area contributed by atoms with E-state index >= 15 is 0 Å². The second kappa shape index (κ2) is 6.66. The monoisotopic (exact) mass is 304 g/mol. The van der Waals surface area contributed by atoms with E-state index < -0.39 is 22.3 Å². The molecule has 0 aromatic heterocycles. The molecule has 6 nitrogen and oxygen atoms in total. The second-order valence-electron chi connectivity index (χ2n) is 4.43. The fourth-order valence-corrected chi connectivity index (χ4v) is 1.86. The fraction of sp³-hybridized carbons (Fsp3) is 0.133. The summed E-state index contributed by atoms with van der Waals surface area (Å²) in [5.74, 6) is -1.17. The van der Waals surface area contributed by atoms with E-state index in [0.29, 0.717) is 5.75 Å². The number of halogens is 1. The maximum atomic E-state index is 13.9. The van der Waals surface area contributed by atoms with Crippen molar-refractivity contribution < 1.29 is 18.8 Å². The Bertz CT molecular complexity index is 701. The fourth-order valence-electron chi connectivity index (χ4n) is 1.86. The number of ether oxygens (including phenoxy) is 1. The number of carbonyl (C=O) groups excluding carboxylic acids is 1. The number of hydrogen-bond donors (Lipinski definition) is 1. The van der Waals surface area contributed by atoms with Crippen LogP contribution < -0.4 is 10.1 Å². The lowest BCUT2D eigenvalue weighted by atomic mass is 10.1. The third-order valence-electron chi connectivity index (χ3n) is 3.03. The van der Waals surface area contributed by atoms with Crippen LogP contribution >= 0.6 is 0 Å². The Balaban J connectivity index is 2.09. The number of nitrogens with zero attached hydrogens (tertiary/aromatic N) is 1. The van der Waals surface area contributed by atoms with E-state index in [2.05, 4.69) is 5.32 Å². The van der Waals surface area contributed by atoms with Crippen molar-refractivity contribution in [2.24, 2.45) is 0 Å². The summed E-state index contributed by atoms with van der Waals surface area (Å²) in [4.78, 5) is 21.7. The molecule has 0 aliphatic heterocycles. The van der Waals surface area contributed by atoms with Crippen molar-refractivity contribution in [1.29, 1.82) is 0 Å². The lowest BCUT2D eigenvalue weighted by Crippen LogP contribution is -2.24. The highest BCUT2D eigenvalue weighted by molar-refractivity contribution is 5.95. The van der Waals surface area contributed by atoms with Gasteiger partial charge in [-0.3, -0.25) is 14.9 Å². The zero-order valence-electron chi connectivity index (χ0n) is 11.7. The van der Waals surface area contributed by atoms with Crippen molar-refractivity contribution in [1.82, 2.24) is 5.32 Å². The molecule has 0 spiro atoms. The molecule has 2 aromatic rings. The van der Waals surface area contributed by atoms with Gasteiger partial charge in [-0.05, 0) is 23.8 Å². The molecule has 2 rings (SSSR count). The molecule has 22 heavy (non-hydrogen) atoms. The van der Waals surface area contributed by atoms with Gasteiger partial charge >= 0.3 is 5.69 Å². The maximum Gasteiger partial charge on any atom is 0.305 e. The Morgan fingerprint density at radius 3 is 2.55 bits per heavy atom. The van der Waals surface area contributed by atoms with Crippen LogP contribution in [0.15, 0.2) is 42.5 Å². The highest BCUT2D eigenvalue weighted by Crippen LogP contribution is 2.20. The maximum absolute atomic E-state index is 13.9. The minimum Gasteiger partial charge on any atom is -0.497 e. The highest BCUT2D eigenvalue weighted by Gasteiger charge is 2.21. The van der Waals surface area contributed by atoms with Gasteiger partial charge in [-0.1, -0.05) is 18.2 Å². The molecule has 0 bridgehead atoms. The van der Waals surface area contributed by atoms with Crippen LogP contribution in [0, 0.1) is 15.9 Å². The van der Waals surface area contributed by atoms with Crippen molar-refractivity contribution in [3.63, 3.8) is 0 Å². The first kappa shape index (κ1) is 15.4. The van der Waals surface area contributed by atoms with Crippen molar-refractivity contribution in [3.8, 4) is 5.75 Å². The van der Waals surface area contributed by atoms with Crippen LogP contribution in [0.25, 0.3) is 0 Å². The predicted octanol–water partition coefficient (Wildman–Crippen LogP) is 2.67. The van der Waals surface area contributed by atoms with Crippen molar-refractivity contribution in [3.05, 3.63) is 69.5 Å². The number of carbonyl (C=O) groups is 1. The number of methoxy groups -OCH3 is 1. The van der Waals surface area contributed by atoms with E-state index in [0.717, 1.165) is 11.6 Å². The average molecular weight is 304 g/mol. The van der Waals surface area contributed by atoms with Crippen LogP contribution in [0.3, 0.4) is 0 Å². The van der Waals surface area contributed by atoms with Crippen molar-refractivity contribution in [2.75, 3.05) is 7.11 Å². The Hall–Kier alpha value is -2.96. The lowest BCUT2D eigenvalue weighted by molar-refractivity contribution is -0.387. The molecule has 0 aliphatic carbocycles. The van der Waals surface area contributed by atoms with Crippen LogP contribution in [-0.2, 0) is 6.54 Å². The average Bonchev–Trinajstić information content (AvgIpc) is 2.53.